The summed E-state index contributed by atoms with van der Waals surface area (Å²) in [7, 11) is 0. The molecule has 0 bridgehead atoms. The lowest BCUT2D eigenvalue weighted by Crippen LogP contribution is -2.23. The van der Waals surface area contributed by atoms with E-state index >= 15 is 0 Å². The molecular formula is C7H11O4. The lowest BCUT2D eigenvalue weighted by molar-refractivity contribution is -0.156. The maximum atomic E-state index is 10.8. The molecule has 0 heterocycles. The molecule has 4 nitrogen and oxygen atoms in total. The van der Waals surface area contributed by atoms with Crippen LogP contribution < -0.4 is 0 Å². The molecule has 0 saturated heterocycles. The molecule has 63 valence electrons. The molecule has 0 saturated carbocycles. The largest absolute Gasteiger partial charge is 0.481 e. The average molecular weight is 159 g/mol. The topological polar surface area (TPSA) is 63.6 Å². The summed E-state index contributed by atoms with van der Waals surface area (Å²) in [5.41, 5.74) is 0. The van der Waals surface area contributed by atoms with Crippen LogP contribution in [0.4, 0.5) is 0 Å². The van der Waals surface area contributed by atoms with Gasteiger partial charge in [0.05, 0.1) is 0 Å². The van der Waals surface area contributed by atoms with Crippen molar-refractivity contribution >= 4 is 11.9 Å². The Morgan fingerprint density at radius 2 is 1.82 bits per heavy atom. The van der Waals surface area contributed by atoms with Crippen LogP contribution in [0, 0.1) is 12.0 Å². The predicted octanol–water partition coefficient (Wildman–Crippen LogP) is 0.822. The molecule has 0 amide bonds. The molecule has 4 heteroatoms. The van der Waals surface area contributed by atoms with Gasteiger partial charge in [0.1, 0.15) is 6.10 Å². The van der Waals surface area contributed by atoms with Gasteiger partial charge in [-0.15, -0.1) is 0 Å². The van der Waals surface area contributed by atoms with Gasteiger partial charge < -0.3 is 9.84 Å². The minimum Gasteiger partial charge on any atom is -0.481 e. The van der Waals surface area contributed by atoms with Crippen molar-refractivity contribution in [2.24, 2.45) is 5.92 Å². The fourth-order valence-corrected chi connectivity index (χ4v) is 0.390. The van der Waals surface area contributed by atoms with Crippen molar-refractivity contribution in [2.45, 2.75) is 20.8 Å². The second-order valence-electron chi connectivity index (χ2n) is 2.39. The molecule has 0 rings (SSSR count). The van der Waals surface area contributed by atoms with E-state index in [0.29, 0.717) is 6.10 Å². The number of ether oxygens (including phenoxy) is 1. The highest BCUT2D eigenvalue weighted by Gasteiger charge is 2.22. The third-order valence-corrected chi connectivity index (χ3v) is 1.03. The van der Waals surface area contributed by atoms with Gasteiger partial charge >= 0.3 is 11.9 Å². The Hall–Kier alpha value is -1.06. The predicted molar refractivity (Wildman–Crippen MR) is 37.5 cm³/mol. The average Bonchev–Trinajstić information content (AvgIpc) is 1.84. The monoisotopic (exact) mass is 159 g/mol. The lowest BCUT2D eigenvalue weighted by Gasteiger charge is -2.08. The fourth-order valence-electron chi connectivity index (χ4n) is 0.390. The van der Waals surface area contributed by atoms with Gasteiger partial charge in [0, 0.05) is 0 Å². The molecule has 1 unspecified atom stereocenters. The first kappa shape index (κ1) is 9.94. The maximum Gasteiger partial charge on any atom is 0.320 e. The Kier molecular flexibility index (Phi) is 3.57. The third kappa shape index (κ3) is 3.60. The number of esters is 1. The van der Waals surface area contributed by atoms with Gasteiger partial charge in [-0.25, -0.2) is 0 Å². The minimum atomic E-state index is -1.17. The number of hydrogen-bond acceptors (Lipinski definition) is 3. The van der Waals surface area contributed by atoms with Crippen LogP contribution in [0.5, 0.6) is 0 Å². The minimum absolute atomic E-state index is 0.447. The summed E-state index contributed by atoms with van der Waals surface area (Å²) in [5.74, 6) is -2.99. The van der Waals surface area contributed by atoms with Crippen molar-refractivity contribution in [1.29, 1.82) is 0 Å². The highest BCUT2D eigenvalue weighted by Crippen LogP contribution is 2.05. The summed E-state index contributed by atoms with van der Waals surface area (Å²) >= 11 is 0. The Morgan fingerprint density at radius 1 is 1.36 bits per heavy atom. The Morgan fingerprint density at radius 3 is 2.09 bits per heavy atom. The Bertz CT molecular complexity index is 162. The Balaban J connectivity index is 3.93. The van der Waals surface area contributed by atoms with E-state index in [0.717, 1.165) is 0 Å². The van der Waals surface area contributed by atoms with Gasteiger partial charge in [-0.2, -0.15) is 0 Å². The smallest absolute Gasteiger partial charge is 0.320 e. The molecule has 0 fully saturated rings. The van der Waals surface area contributed by atoms with Crippen LogP contribution in [-0.4, -0.2) is 17.0 Å². The summed E-state index contributed by atoms with van der Waals surface area (Å²) in [4.78, 5) is 21.0. The first-order valence-corrected chi connectivity index (χ1v) is 3.19. The number of carbonyl (C=O) groups is 2. The third-order valence-electron chi connectivity index (χ3n) is 1.03. The summed E-state index contributed by atoms with van der Waals surface area (Å²) in [5, 5.41) is 8.36. The number of carbonyl (C=O) groups excluding carboxylic acids is 1. The van der Waals surface area contributed by atoms with Crippen molar-refractivity contribution in [3.05, 3.63) is 6.10 Å². The number of carboxylic acids is 1. The van der Waals surface area contributed by atoms with Crippen molar-refractivity contribution < 1.29 is 19.4 Å². The quantitative estimate of drug-likeness (QED) is 0.489. The highest BCUT2D eigenvalue weighted by molar-refractivity contribution is 5.93. The SMILES string of the molecule is C[C](C)OC(=O)C(C)C(=O)O. The van der Waals surface area contributed by atoms with Gasteiger partial charge in [0.15, 0.2) is 5.92 Å². The summed E-state index contributed by atoms with van der Waals surface area (Å²) in [6.45, 7) is 4.46. The molecular weight excluding hydrogens is 148 g/mol. The van der Waals surface area contributed by atoms with Crippen LogP contribution in [0.15, 0.2) is 0 Å². The van der Waals surface area contributed by atoms with Gasteiger partial charge in [0.2, 0.25) is 0 Å². The van der Waals surface area contributed by atoms with E-state index in [1.807, 2.05) is 0 Å². The van der Waals surface area contributed by atoms with Crippen LogP contribution in [0.1, 0.15) is 20.8 Å². The van der Waals surface area contributed by atoms with Crippen LogP contribution >= 0.6 is 0 Å². The molecule has 0 spiro atoms. The number of carboxylic acid groups (broad SMARTS) is 1. The van der Waals surface area contributed by atoms with Gasteiger partial charge in [0.25, 0.3) is 0 Å². The molecule has 0 aromatic rings. The first-order chi connectivity index (χ1) is 4.95. The van der Waals surface area contributed by atoms with Gasteiger partial charge in [-0.1, -0.05) is 0 Å². The van der Waals surface area contributed by atoms with E-state index < -0.39 is 17.9 Å². The molecule has 0 aliphatic heterocycles. The van der Waals surface area contributed by atoms with Crippen molar-refractivity contribution in [3.63, 3.8) is 0 Å². The molecule has 0 aromatic heterocycles. The maximum absolute atomic E-state index is 10.8. The Labute approximate surface area is 65.2 Å². The zero-order valence-corrected chi connectivity index (χ0v) is 6.75. The summed E-state index contributed by atoms with van der Waals surface area (Å²) in [6.07, 6.45) is 0.447. The molecule has 11 heavy (non-hydrogen) atoms. The van der Waals surface area contributed by atoms with Gasteiger partial charge in [-0.05, 0) is 20.8 Å². The van der Waals surface area contributed by atoms with E-state index in [4.69, 9.17) is 5.11 Å². The van der Waals surface area contributed by atoms with E-state index in [1.165, 1.54) is 6.92 Å². The zero-order chi connectivity index (χ0) is 9.02. The van der Waals surface area contributed by atoms with E-state index in [2.05, 4.69) is 4.74 Å². The zero-order valence-electron chi connectivity index (χ0n) is 6.75. The number of aliphatic carboxylic acids is 1. The first-order valence-electron chi connectivity index (χ1n) is 3.19. The van der Waals surface area contributed by atoms with Crippen molar-refractivity contribution in [1.82, 2.24) is 0 Å². The van der Waals surface area contributed by atoms with E-state index in [9.17, 15) is 9.59 Å². The highest BCUT2D eigenvalue weighted by atomic mass is 16.5. The van der Waals surface area contributed by atoms with Crippen LogP contribution in [-0.2, 0) is 14.3 Å². The molecule has 1 N–H and O–H groups in total. The number of hydrogen-bond donors (Lipinski definition) is 1. The molecule has 1 radical (unpaired) electrons. The standard InChI is InChI=1S/C7H11O4/c1-4(2)11-7(10)5(3)6(8)9/h5H,1-3H3,(H,8,9). The number of rotatable bonds is 3. The molecule has 0 aliphatic rings. The normalized spacial score (nSPS) is 12.7. The van der Waals surface area contributed by atoms with Crippen molar-refractivity contribution in [3.8, 4) is 0 Å². The molecule has 0 aromatic carbocycles. The van der Waals surface area contributed by atoms with E-state index in [1.54, 1.807) is 13.8 Å². The molecule has 1 atom stereocenters. The molecule has 0 aliphatic carbocycles. The van der Waals surface area contributed by atoms with Crippen LogP contribution in [0.25, 0.3) is 0 Å². The lowest BCUT2D eigenvalue weighted by atomic mass is 10.2. The van der Waals surface area contributed by atoms with Crippen LogP contribution in [0.2, 0.25) is 0 Å². The fraction of sp³-hybridized carbons (Fsp3) is 0.571. The van der Waals surface area contributed by atoms with E-state index in [-0.39, 0.29) is 0 Å². The summed E-state index contributed by atoms with van der Waals surface area (Å²) in [6, 6.07) is 0. The second kappa shape index (κ2) is 3.95. The van der Waals surface area contributed by atoms with Crippen molar-refractivity contribution in [2.75, 3.05) is 0 Å². The summed E-state index contributed by atoms with van der Waals surface area (Å²) < 4.78 is 4.57. The second-order valence-corrected chi connectivity index (χ2v) is 2.39. The van der Waals surface area contributed by atoms with Gasteiger partial charge in [-0.3, -0.25) is 9.59 Å². The van der Waals surface area contributed by atoms with Crippen LogP contribution in [0.3, 0.4) is 0 Å².